The summed E-state index contributed by atoms with van der Waals surface area (Å²) in [5.41, 5.74) is 6.00. The van der Waals surface area contributed by atoms with Crippen molar-refractivity contribution in [3.63, 3.8) is 0 Å². The van der Waals surface area contributed by atoms with Gasteiger partial charge >= 0.3 is 0 Å². The van der Waals surface area contributed by atoms with Crippen LogP contribution in [0.4, 0.5) is 4.39 Å². The number of nitrogens with two attached hydrogens (primary N) is 1. The van der Waals surface area contributed by atoms with Crippen LogP contribution in [-0.2, 0) is 11.3 Å². The zero-order valence-corrected chi connectivity index (χ0v) is 11.9. The maximum atomic E-state index is 13.1. The van der Waals surface area contributed by atoms with E-state index in [1.807, 2.05) is 19.9 Å². The van der Waals surface area contributed by atoms with E-state index in [4.69, 9.17) is 5.73 Å². The van der Waals surface area contributed by atoms with Gasteiger partial charge in [0, 0.05) is 13.1 Å². The summed E-state index contributed by atoms with van der Waals surface area (Å²) in [4.78, 5) is 14.1. The standard InChI is InChI=1S/C15H23FN2O/c1-4-9-15(3,17)14(19)18(5-2)11-12-7-6-8-13(16)10-12/h6-8,10H,4-5,9,11,17H2,1-3H3. The first-order valence-corrected chi connectivity index (χ1v) is 6.73. The molecule has 1 aromatic carbocycles. The zero-order valence-electron chi connectivity index (χ0n) is 11.9. The molecule has 0 aromatic heterocycles. The number of likely N-dealkylation sites (N-methyl/N-ethyl adjacent to an activating group) is 1. The highest BCUT2D eigenvalue weighted by Gasteiger charge is 2.31. The highest BCUT2D eigenvalue weighted by Crippen LogP contribution is 2.15. The molecule has 0 aliphatic heterocycles. The normalized spacial score (nSPS) is 13.9. The number of nitrogens with zero attached hydrogens (tertiary/aromatic N) is 1. The third-order valence-electron chi connectivity index (χ3n) is 3.19. The van der Waals surface area contributed by atoms with Crippen LogP contribution in [0.25, 0.3) is 0 Å². The molecule has 3 nitrogen and oxygen atoms in total. The van der Waals surface area contributed by atoms with Gasteiger partial charge in [0.1, 0.15) is 5.82 Å². The molecule has 1 aromatic rings. The van der Waals surface area contributed by atoms with Gasteiger partial charge in [-0.15, -0.1) is 0 Å². The Balaban J connectivity index is 2.81. The molecule has 0 aliphatic carbocycles. The molecule has 1 amide bonds. The van der Waals surface area contributed by atoms with Crippen LogP contribution >= 0.6 is 0 Å². The molecule has 0 saturated heterocycles. The molecular formula is C15H23FN2O. The van der Waals surface area contributed by atoms with E-state index in [1.54, 1.807) is 17.9 Å². The van der Waals surface area contributed by atoms with Crippen LogP contribution in [-0.4, -0.2) is 22.9 Å². The van der Waals surface area contributed by atoms with Crippen LogP contribution in [0.3, 0.4) is 0 Å². The van der Waals surface area contributed by atoms with E-state index >= 15 is 0 Å². The largest absolute Gasteiger partial charge is 0.337 e. The predicted octanol–water partition coefficient (Wildman–Crippen LogP) is 2.69. The number of carbonyl (C=O) groups is 1. The second kappa shape index (κ2) is 6.66. The van der Waals surface area contributed by atoms with E-state index in [0.717, 1.165) is 12.0 Å². The molecular weight excluding hydrogens is 243 g/mol. The monoisotopic (exact) mass is 266 g/mol. The number of amides is 1. The van der Waals surface area contributed by atoms with Gasteiger partial charge < -0.3 is 10.6 Å². The Morgan fingerprint density at radius 2 is 2.11 bits per heavy atom. The van der Waals surface area contributed by atoms with Crippen molar-refractivity contribution in [2.75, 3.05) is 6.54 Å². The minimum absolute atomic E-state index is 0.0823. The summed E-state index contributed by atoms with van der Waals surface area (Å²) in [6.07, 6.45) is 1.50. The maximum Gasteiger partial charge on any atom is 0.242 e. The van der Waals surface area contributed by atoms with Crippen LogP contribution in [0.15, 0.2) is 24.3 Å². The van der Waals surface area contributed by atoms with E-state index < -0.39 is 5.54 Å². The highest BCUT2D eigenvalue weighted by atomic mass is 19.1. The molecule has 19 heavy (non-hydrogen) atoms. The second-order valence-corrected chi connectivity index (χ2v) is 5.12. The van der Waals surface area contributed by atoms with Crippen LogP contribution < -0.4 is 5.73 Å². The third kappa shape index (κ3) is 4.31. The minimum Gasteiger partial charge on any atom is -0.337 e. The lowest BCUT2D eigenvalue weighted by atomic mass is 9.95. The summed E-state index contributed by atoms with van der Waals surface area (Å²) in [5.74, 6) is -0.369. The molecule has 1 rings (SSSR count). The van der Waals surface area contributed by atoms with E-state index in [2.05, 4.69) is 0 Å². The van der Waals surface area contributed by atoms with Crippen molar-refractivity contribution in [2.45, 2.75) is 45.7 Å². The summed E-state index contributed by atoms with van der Waals surface area (Å²) < 4.78 is 13.1. The number of carbonyl (C=O) groups excluding carboxylic acids is 1. The molecule has 1 unspecified atom stereocenters. The zero-order chi connectivity index (χ0) is 14.5. The van der Waals surface area contributed by atoms with E-state index in [-0.39, 0.29) is 11.7 Å². The SMILES string of the molecule is CCCC(C)(N)C(=O)N(CC)Cc1cccc(F)c1. The summed E-state index contributed by atoms with van der Waals surface area (Å²) >= 11 is 0. The van der Waals surface area contributed by atoms with Gasteiger partial charge in [0.05, 0.1) is 5.54 Å². The van der Waals surface area contributed by atoms with Gasteiger partial charge in [-0.3, -0.25) is 4.79 Å². The molecule has 0 spiro atoms. The van der Waals surface area contributed by atoms with Crippen LogP contribution in [0.1, 0.15) is 39.2 Å². The molecule has 0 saturated carbocycles. The molecule has 0 fully saturated rings. The lowest BCUT2D eigenvalue weighted by Gasteiger charge is -2.31. The van der Waals surface area contributed by atoms with Crippen LogP contribution in [0, 0.1) is 5.82 Å². The van der Waals surface area contributed by atoms with Gasteiger partial charge in [-0.2, -0.15) is 0 Å². The second-order valence-electron chi connectivity index (χ2n) is 5.12. The first-order valence-electron chi connectivity index (χ1n) is 6.73. The smallest absolute Gasteiger partial charge is 0.242 e. The summed E-state index contributed by atoms with van der Waals surface area (Å²) in [6.45, 7) is 6.61. The van der Waals surface area contributed by atoms with Crippen LogP contribution in [0.5, 0.6) is 0 Å². The Kier molecular flexibility index (Phi) is 5.48. The molecule has 0 bridgehead atoms. The Morgan fingerprint density at radius 1 is 1.42 bits per heavy atom. The van der Waals surface area contributed by atoms with Crippen LogP contribution in [0.2, 0.25) is 0 Å². The minimum atomic E-state index is -0.849. The molecule has 4 heteroatoms. The average molecular weight is 266 g/mol. The molecule has 106 valence electrons. The van der Waals surface area contributed by atoms with E-state index in [9.17, 15) is 9.18 Å². The Hall–Kier alpha value is -1.42. The van der Waals surface area contributed by atoms with E-state index in [1.165, 1.54) is 12.1 Å². The van der Waals surface area contributed by atoms with Crippen molar-refractivity contribution in [3.8, 4) is 0 Å². The van der Waals surface area contributed by atoms with Gasteiger partial charge in [-0.05, 0) is 38.0 Å². The van der Waals surface area contributed by atoms with Gasteiger partial charge in [-0.25, -0.2) is 4.39 Å². The third-order valence-corrected chi connectivity index (χ3v) is 3.19. The lowest BCUT2D eigenvalue weighted by molar-refractivity contribution is -0.137. The number of hydrogen-bond acceptors (Lipinski definition) is 2. The summed E-state index contributed by atoms with van der Waals surface area (Å²) in [7, 11) is 0. The van der Waals surface area contributed by atoms with Crippen molar-refractivity contribution in [1.82, 2.24) is 4.90 Å². The van der Waals surface area contributed by atoms with Gasteiger partial charge in [0.15, 0.2) is 0 Å². The fourth-order valence-corrected chi connectivity index (χ4v) is 2.17. The maximum absolute atomic E-state index is 13.1. The Labute approximate surface area is 114 Å². The predicted molar refractivity (Wildman–Crippen MR) is 75.0 cm³/mol. The lowest BCUT2D eigenvalue weighted by Crippen LogP contribution is -2.52. The number of halogens is 1. The van der Waals surface area contributed by atoms with E-state index in [0.29, 0.717) is 19.5 Å². The van der Waals surface area contributed by atoms with Gasteiger partial charge in [0.25, 0.3) is 0 Å². The summed E-state index contributed by atoms with van der Waals surface area (Å²) in [6, 6.07) is 6.30. The van der Waals surface area contributed by atoms with Crippen molar-refractivity contribution in [2.24, 2.45) is 5.73 Å². The van der Waals surface area contributed by atoms with Gasteiger partial charge in [-0.1, -0.05) is 25.5 Å². The summed E-state index contributed by atoms with van der Waals surface area (Å²) in [5, 5.41) is 0. The highest BCUT2D eigenvalue weighted by molar-refractivity contribution is 5.85. The number of hydrogen-bond donors (Lipinski definition) is 1. The molecule has 1 atom stereocenters. The number of benzene rings is 1. The molecule has 0 radical (unpaired) electrons. The number of rotatable bonds is 6. The fourth-order valence-electron chi connectivity index (χ4n) is 2.17. The Morgan fingerprint density at radius 3 is 2.63 bits per heavy atom. The van der Waals surface area contributed by atoms with Crippen molar-refractivity contribution >= 4 is 5.91 Å². The quantitative estimate of drug-likeness (QED) is 0.860. The first-order chi connectivity index (χ1) is 8.90. The molecule has 0 heterocycles. The molecule has 0 aliphatic rings. The fraction of sp³-hybridized carbons (Fsp3) is 0.533. The van der Waals surface area contributed by atoms with Gasteiger partial charge in [0.2, 0.25) is 5.91 Å². The first kappa shape index (κ1) is 15.6. The van der Waals surface area contributed by atoms with Crippen molar-refractivity contribution in [1.29, 1.82) is 0 Å². The molecule has 2 N–H and O–H groups in total. The average Bonchev–Trinajstić information content (AvgIpc) is 2.35. The van der Waals surface area contributed by atoms with Crippen molar-refractivity contribution in [3.05, 3.63) is 35.6 Å². The topological polar surface area (TPSA) is 46.3 Å². The Bertz CT molecular complexity index is 432. The van der Waals surface area contributed by atoms with Crippen molar-refractivity contribution < 1.29 is 9.18 Å².